The van der Waals surface area contributed by atoms with Gasteiger partial charge in [-0.3, -0.25) is 0 Å². The fraction of sp³-hybridized carbons (Fsp3) is 0.375. The molecule has 15 heavy (non-hydrogen) atoms. The zero-order valence-corrected chi connectivity index (χ0v) is 9.98. The van der Waals surface area contributed by atoms with Crippen molar-refractivity contribution in [3.05, 3.63) is 12.5 Å². The summed E-state index contributed by atoms with van der Waals surface area (Å²) in [5, 5.41) is 3.04. The summed E-state index contributed by atoms with van der Waals surface area (Å²) in [7, 11) is 0. The van der Waals surface area contributed by atoms with Gasteiger partial charge in [0.2, 0.25) is 3.79 Å². The smallest absolute Gasteiger partial charge is 0.215 e. The van der Waals surface area contributed by atoms with Gasteiger partial charge in [0.1, 0.15) is 12.4 Å². The molecule has 1 unspecified atom stereocenters. The number of alkyl halides is 3. The average Bonchev–Trinajstić information content (AvgIpc) is 2.15. The lowest BCUT2D eigenvalue weighted by molar-refractivity contribution is 0.917. The molecular formula is C8H7Cl3N4. The number of anilines is 1. The van der Waals surface area contributed by atoms with E-state index in [9.17, 15) is 0 Å². The van der Waals surface area contributed by atoms with Crippen molar-refractivity contribution in [2.24, 2.45) is 4.99 Å². The molecule has 0 aliphatic carbocycles. The van der Waals surface area contributed by atoms with Gasteiger partial charge in [-0.05, 0) is 6.92 Å². The molecule has 0 spiro atoms. The number of nitrogens with one attached hydrogen (secondary N) is 1. The van der Waals surface area contributed by atoms with Gasteiger partial charge in [0.25, 0.3) is 0 Å². The Hall–Kier alpha value is -0.580. The molecule has 0 aromatic carbocycles. The number of rotatable bonds is 0. The van der Waals surface area contributed by atoms with E-state index in [-0.39, 0.29) is 0 Å². The van der Waals surface area contributed by atoms with Gasteiger partial charge < -0.3 is 5.32 Å². The van der Waals surface area contributed by atoms with Crippen molar-refractivity contribution in [1.82, 2.24) is 9.97 Å². The van der Waals surface area contributed by atoms with E-state index in [1.807, 2.05) is 0 Å². The summed E-state index contributed by atoms with van der Waals surface area (Å²) in [5.74, 6) is 0.563. The Kier molecular flexibility index (Phi) is 2.75. The third-order valence-corrected chi connectivity index (χ3v) is 2.67. The maximum Gasteiger partial charge on any atom is 0.215 e. The molecule has 2 heterocycles. The molecule has 1 aromatic rings. The summed E-state index contributed by atoms with van der Waals surface area (Å²) >= 11 is 17.5. The largest absolute Gasteiger partial charge is 0.369 e. The van der Waals surface area contributed by atoms with E-state index in [1.54, 1.807) is 13.1 Å². The van der Waals surface area contributed by atoms with Crippen LogP contribution in [-0.4, -0.2) is 25.5 Å². The minimum absolute atomic E-state index is 0.457. The summed E-state index contributed by atoms with van der Waals surface area (Å²) < 4.78 is -1.44. The SMILES string of the molecule is CC1=Nc2ncncc2NC1C(Cl)(Cl)Cl. The topological polar surface area (TPSA) is 50.2 Å². The number of aromatic nitrogens is 2. The van der Waals surface area contributed by atoms with Crippen LogP contribution < -0.4 is 5.32 Å². The average molecular weight is 266 g/mol. The maximum absolute atomic E-state index is 5.82. The van der Waals surface area contributed by atoms with E-state index >= 15 is 0 Å². The number of hydrogen-bond acceptors (Lipinski definition) is 4. The monoisotopic (exact) mass is 264 g/mol. The molecule has 0 bridgehead atoms. The first-order chi connectivity index (χ1) is 6.98. The first-order valence-electron chi connectivity index (χ1n) is 4.17. The number of hydrogen-bond donors (Lipinski definition) is 1. The van der Waals surface area contributed by atoms with Gasteiger partial charge in [0, 0.05) is 5.71 Å². The van der Waals surface area contributed by atoms with E-state index in [0.29, 0.717) is 17.2 Å². The molecule has 0 fully saturated rings. The van der Waals surface area contributed by atoms with Crippen LogP contribution in [0.4, 0.5) is 11.5 Å². The molecule has 1 aromatic heterocycles. The van der Waals surface area contributed by atoms with Crippen molar-refractivity contribution < 1.29 is 0 Å². The summed E-state index contributed by atoms with van der Waals surface area (Å²) in [6, 6.07) is -0.457. The molecule has 1 aliphatic heterocycles. The summed E-state index contributed by atoms with van der Waals surface area (Å²) in [6.07, 6.45) is 3.02. The van der Waals surface area contributed by atoms with Gasteiger partial charge in [0.05, 0.1) is 11.9 Å². The third kappa shape index (κ3) is 2.17. The number of halogens is 3. The van der Waals surface area contributed by atoms with E-state index in [2.05, 4.69) is 20.3 Å². The quantitative estimate of drug-likeness (QED) is 0.734. The summed E-state index contributed by atoms with van der Waals surface area (Å²) in [6.45, 7) is 1.78. The van der Waals surface area contributed by atoms with Crippen LogP contribution in [0.5, 0.6) is 0 Å². The molecule has 1 aliphatic rings. The van der Waals surface area contributed by atoms with Gasteiger partial charge in [-0.15, -0.1) is 0 Å². The molecule has 0 radical (unpaired) electrons. The highest BCUT2D eigenvalue weighted by Crippen LogP contribution is 2.37. The van der Waals surface area contributed by atoms with Crippen LogP contribution in [0.1, 0.15) is 6.92 Å². The Labute approximate surface area is 102 Å². The van der Waals surface area contributed by atoms with Gasteiger partial charge >= 0.3 is 0 Å². The van der Waals surface area contributed by atoms with Gasteiger partial charge in [-0.25, -0.2) is 15.0 Å². The third-order valence-electron chi connectivity index (χ3n) is 2.02. The minimum Gasteiger partial charge on any atom is -0.369 e. The molecule has 0 saturated heterocycles. The van der Waals surface area contributed by atoms with Crippen LogP contribution in [0, 0.1) is 0 Å². The van der Waals surface area contributed by atoms with Crippen molar-refractivity contribution in [1.29, 1.82) is 0 Å². The molecule has 4 nitrogen and oxygen atoms in total. The number of aliphatic imine (C=N–C) groups is 1. The first-order valence-corrected chi connectivity index (χ1v) is 5.30. The first kappa shape index (κ1) is 10.9. The van der Waals surface area contributed by atoms with Crippen LogP contribution in [0.3, 0.4) is 0 Å². The van der Waals surface area contributed by atoms with E-state index in [1.165, 1.54) is 6.33 Å². The fourth-order valence-corrected chi connectivity index (χ4v) is 1.96. The highest BCUT2D eigenvalue weighted by molar-refractivity contribution is 6.69. The zero-order valence-electron chi connectivity index (χ0n) is 7.71. The Morgan fingerprint density at radius 3 is 2.80 bits per heavy atom. The van der Waals surface area contributed by atoms with Crippen LogP contribution in [-0.2, 0) is 0 Å². The van der Waals surface area contributed by atoms with Gasteiger partial charge in [-0.2, -0.15) is 0 Å². The van der Waals surface area contributed by atoms with Crippen molar-refractivity contribution in [2.75, 3.05) is 5.32 Å². The Balaban J connectivity index is 2.41. The molecular weight excluding hydrogens is 258 g/mol. The van der Waals surface area contributed by atoms with E-state index < -0.39 is 9.83 Å². The molecule has 1 atom stereocenters. The molecule has 1 N–H and O–H groups in total. The maximum atomic E-state index is 5.82. The highest BCUT2D eigenvalue weighted by atomic mass is 35.6. The number of fused-ring (bicyclic) bond motifs is 1. The standard InChI is InChI=1S/C8H7Cl3N4/c1-4-6(8(9,10)11)15-5-2-12-3-13-7(5)14-4/h2-3,6,15H,1H3. The second kappa shape index (κ2) is 3.77. The summed E-state index contributed by atoms with van der Waals surface area (Å²) in [4.78, 5) is 12.1. The highest BCUT2D eigenvalue weighted by Gasteiger charge is 2.37. The van der Waals surface area contributed by atoms with Gasteiger partial charge in [-0.1, -0.05) is 34.8 Å². The molecule has 80 valence electrons. The predicted molar refractivity (Wildman–Crippen MR) is 62.5 cm³/mol. The number of nitrogens with zero attached hydrogens (tertiary/aromatic N) is 3. The molecule has 7 heteroatoms. The van der Waals surface area contributed by atoms with E-state index in [4.69, 9.17) is 34.8 Å². The van der Waals surface area contributed by atoms with Crippen molar-refractivity contribution in [3.63, 3.8) is 0 Å². The lowest BCUT2D eigenvalue weighted by Gasteiger charge is -2.29. The van der Waals surface area contributed by atoms with Crippen molar-refractivity contribution in [2.45, 2.75) is 16.8 Å². The molecule has 2 rings (SSSR count). The lowest BCUT2D eigenvalue weighted by Crippen LogP contribution is -2.41. The Morgan fingerprint density at radius 2 is 2.13 bits per heavy atom. The summed E-state index contributed by atoms with van der Waals surface area (Å²) in [5.41, 5.74) is 1.35. The van der Waals surface area contributed by atoms with Gasteiger partial charge in [0.15, 0.2) is 5.82 Å². The second-order valence-corrected chi connectivity index (χ2v) is 5.50. The predicted octanol–water partition coefficient (Wildman–Crippen LogP) is 2.73. The van der Waals surface area contributed by atoms with Crippen molar-refractivity contribution >= 4 is 52.0 Å². The second-order valence-electron chi connectivity index (χ2n) is 3.13. The Morgan fingerprint density at radius 1 is 1.40 bits per heavy atom. The van der Waals surface area contributed by atoms with Crippen molar-refractivity contribution in [3.8, 4) is 0 Å². The fourth-order valence-electron chi connectivity index (χ4n) is 1.32. The van der Waals surface area contributed by atoms with Crippen LogP contribution in [0.25, 0.3) is 0 Å². The Bertz CT molecular complexity index is 413. The van der Waals surface area contributed by atoms with Crippen LogP contribution in [0.2, 0.25) is 0 Å². The van der Waals surface area contributed by atoms with E-state index in [0.717, 1.165) is 0 Å². The molecule has 0 amide bonds. The van der Waals surface area contributed by atoms with Crippen LogP contribution in [0.15, 0.2) is 17.5 Å². The lowest BCUT2D eigenvalue weighted by atomic mass is 10.2. The molecule has 0 saturated carbocycles. The normalized spacial score (nSPS) is 20.3. The zero-order chi connectivity index (χ0) is 11.1. The minimum atomic E-state index is -1.44. The van der Waals surface area contributed by atoms with Crippen LogP contribution >= 0.6 is 34.8 Å².